The molecule has 128 valence electrons. The van der Waals surface area contributed by atoms with Crippen LogP contribution in [0.25, 0.3) is 0 Å². The second-order valence-electron chi connectivity index (χ2n) is 5.85. The lowest BCUT2D eigenvalue weighted by molar-refractivity contribution is -0.117. The van der Waals surface area contributed by atoms with Crippen molar-refractivity contribution in [3.05, 3.63) is 50.0 Å². The van der Waals surface area contributed by atoms with Gasteiger partial charge in [0.1, 0.15) is 5.69 Å². The van der Waals surface area contributed by atoms with E-state index in [-0.39, 0.29) is 23.8 Å². The van der Waals surface area contributed by atoms with Crippen LogP contribution in [-0.4, -0.2) is 43.4 Å². The molecule has 0 aliphatic rings. The first kappa shape index (κ1) is 17.8. The SMILES string of the molecule is COc1c(NCC(=O)CCc2cc(CN(C)C)ccn2)c(=O)c1=O. The molecule has 0 bridgehead atoms. The quantitative estimate of drug-likeness (QED) is 0.664. The van der Waals surface area contributed by atoms with Crippen LogP contribution in [0.15, 0.2) is 27.9 Å². The van der Waals surface area contributed by atoms with Gasteiger partial charge in [-0.1, -0.05) is 0 Å². The molecule has 7 nitrogen and oxygen atoms in total. The van der Waals surface area contributed by atoms with Crippen LogP contribution >= 0.6 is 0 Å². The maximum Gasteiger partial charge on any atom is 0.271 e. The number of carbonyl (C=O) groups excluding carboxylic acids is 1. The largest absolute Gasteiger partial charge is 0.491 e. The first-order valence-corrected chi connectivity index (χ1v) is 7.63. The van der Waals surface area contributed by atoms with Crippen LogP contribution in [0.3, 0.4) is 0 Å². The van der Waals surface area contributed by atoms with Crippen molar-refractivity contribution >= 4 is 11.5 Å². The minimum Gasteiger partial charge on any atom is -0.491 e. The zero-order valence-electron chi connectivity index (χ0n) is 14.1. The second kappa shape index (κ2) is 7.83. The number of aryl methyl sites for hydroxylation is 1. The molecule has 1 aromatic heterocycles. The molecule has 0 aliphatic heterocycles. The predicted molar refractivity (Wildman–Crippen MR) is 91.4 cm³/mol. The van der Waals surface area contributed by atoms with Crippen molar-refractivity contribution in [3.63, 3.8) is 0 Å². The summed E-state index contributed by atoms with van der Waals surface area (Å²) in [5.74, 6) is -0.0734. The Morgan fingerprint density at radius 2 is 2.04 bits per heavy atom. The second-order valence-corrected chi connectivity index (χ2v) is 5.85. The number of nitrogens with zero attached hydrogens (tertiary/aromatic N) is 2. The van der Waals surface area contributed by atoms with E-state index in [9.17, 15) is 14.4 Å². The highest BCUT2D eigenvalue weighted by atomic mass is 16.5. The van der Waals surface area contributed by atoms with Crippen LogP contribution in [0.2, 0.25) is 0 Å². The molecule has 7 heteroatoms. The number of hydrogen-bond acceptors (Lipinski definition) is 7. The van der Waals surface area contributed by atoms with E-state index in [1.165, 1.54) is 7.11 Å². The minimum atomic E-state index is -0.658. The number of carbonyl (C=O) groups is 1. The summed E-state index contributed by atoms with van der Waals surface area (Å²) in [5, 5.41) is 2.68. The van der Waals surface area contributed by atoms with Crippen molar-refractivity contribution < 1.29 is 9.53 Å². The Balaban J connectivity index is 1.84. The minimum absolute atomic E-state index is 0.00847. The molecule has 0 unspecified atom stereocenters. The smallest absolute Gasteiger partial charge is 0.271 e. The van der Waals surface area contributed by atoms with E-state index in [0.717, 1.165) is 17.8 Å². The Morgan fingerprint density at radius 1 is 1.29 bits per heavy atom. The molecule has 0 fully saturated rings. The average Bonchev–Trinajstić information content (AvgIpc) is 2.55. The van der Waals surface area contributed by atoms with Gasteiger partial charge in [0.2, 0.25) is 0 Å². The fraction of sp³-hybridized carbons (Fsp3) is 0.412. The molecule has 0 saturated heterocycles. The Bertz CT molecular complexity index is 791. The number of nitrogens with one attached hydrogen (secondary N) is 1. The van der Waals surface area contributed by atoms with E-state index in [0.29, 0.717) is 12.8 Å². The maximum atomic E-state index is 11.9. The first-order valence-electron chi connectivity index (χ1n) is 7.63. The fourth-order valence-electron chi connectivity index (χ4n) is 2.40. The number of ketones is 1. The number of hydrogen-bond donors (Lipinski definition) is 1. The molecule has 2 aromatic rings. The summed E-state index contributed by atoms with van der Waals surface area (Å²) in [6, 6.07) is 3.94. The highest BCUT2D eigenvalue weighted by Crippen LogP contribution is 2.16. The van der Waals surface area contributed by atoms with Gasteiger partial charge >= 0.3 is 0 Å². The highest BCUT2D eigenvalue weighted by molar-refractivity contribution is 5.83. The Morgan fingerprint density at radius 3 is 2.71 bits per heavy atom. The van der Waals surface area contributed by atoms with Gasteiger partial charge < -0.3 is 15.0 Å². The third-order valence-electron chi connectivity index (χ3n) is 3.57. The van der Waals surface area contributed by atoms with Crippen LogP contribution in [-0.2, 0) is 17.8 Å². The van der Waals surface area contributed by atoms with Gasteiger partial charge in [0.25, 0.3) is 10.9 Å². The van der Waals surface area contributed by atoms with E-state index in [1.807, 2.05) is 26.2 Å². The van der Waals surface area contributed by atoms with Crippen molar-refractivity contribution in [1.29, 1.82) is 0 Å². The molecule has 1 aromatic carbocycles. The summed E-state index contributed by atoms with van der Waals surface area (Å²) in [6.45, 7) is 0.799. The van der Waals surface area contributed by atoms with E-state index < -0.39 is 10.9 Å². The summed E-state index contributed by atoms with van der Waals surface area (Å²) in [7, 11) is 5.30. The standard InChI is InChI=1S/C17H21N3O4/c1-20(2)10-11-6-7-18-12(8-11)4-5-13(21)9-19-14-15(22)16(23)17(14)24-3/h6-8,19H,4-5,9-10H2,1-3H3. The summed E-state index contributed by atoms with van der Waals surface area (Å²) in [5.41, 5.74) is 0.785. The first-order chi connectivity index (χ1) is 11.4. The van der Waals surface area contributed by atoms with E-state index in [1.54, 1.807) is 6.20 Å². The summed E-state index contributed by atoms with van der Waals surface area (Å²) in [4.78, 5) is 40.9. The Hall–Kier alpha value is -2.54. The van der Waals surface area contributed by atoms with E-state index in [2.05, 4.69) is 15.2 Å². The van der Waals surface area contributed by atoms with Crippen LogP contribution in [0.5, 0.6) is 5.75 Å². The lowest BCUT2D eigenvalue weighted by Gasteiger charge is -2.11. The third kappa shape index (κ3) is 4.26. The van der Waals surface area contributed by atoms with Gasteiger partial charge in [-0.25, -0.2) is 0 Å². The fourth-order valence-corrected chi connectivity index (χ4v) is 2.40. The van der Waals surface area contributed by atoms with Gasteiger partial charge in [0, 0.05) is 24.9 Å². The summed E-state index contributed by atoms with van der Waals surface area (Å²) >= 11 is 0. The number of Topliss-reactive ketones (excluding diaryl/α,β-unsaturated/α-hetero) is 1. The molecule has 0 aliphatic carbocycles. The van der Waals surface area contributed by atoms with Crippen LogP contribution in [0.1, 0.15) is 17.7 Å². The van der Waals surface area contributed by atoms with Gasteiger partial charge in [-0.05, 0) is 38.2 Å². The lowest BCUT2D eigenvalue weighted by Crippen LogP contribution is -2.36. The predicted octanol–water partition coefficient (Wildman–Crippen LogP) is 0.362. The molecule has 24 heavy (non-hydrogen) atoms. The summed E-state index contributed by atoms with van der Waals surface area (Å²) < 4.78 is 4.81. The van der Waals surface area contributed by atoms with Gasteiger partial charge in [-0.3, -0.25) is 19.4 Å². The topological polar surface area (TPSA) is 88.6 Å². The molecule has 1 heterocycles. The van der Waals surface area contributed by atoms with Crippen LogP contribution < -0.4 is 20.9 Å². The molecule has 0 amide bonds. The van der Waals surface area contributed by atoms with Gasteiger partial charge in [-0.15, -0.1) is 0 Å². The number of pyridine rings is 1. The van der Waals surface area contributed by atoms with Crippen LogP contribution in [0.4, 0.5) is 5.69 Å². The molecule has 0 spiro atoms. The highest BCUT2D eigenvalue weighted by Gasteiger charge is 2.21. The molecule has 0 saturated carbocycles. The Kier molecular flexibility index (Phi) is 5.81. The van der Waals surface area contributed by atoms with Gasteiger partial charge in [-0.2, -0.15) is 0 Å². The Labute approximate surface area is 140 Å². The number of anilines is 1. The third-order valence-corrected chi connectivity index (χ3v) is 3.57. The lowest BCUT2D eigenvalue weighted by atomic mass is 10.1. The molecular weight excluding hydrogens is 310 g/mol. The van der Waals surface area contributed by atoms with Gasteiger partial charge in [0.05, 0.1) is 13.7 Å². The van der Waals surface area contributed by atoms with Gasteiger partial charge in [0.15, 0.2) is 11.5 Å². The monoisotopic (exact) mass is 331 g/mol. The van der Waals surface area contributed by atoms with Crippen molar-refractivity contribution in [2.24, 2.45) is 0 Å². The van der Waals surface area contributed by atoms with E-state index >= 15 is 0 Å². The summed E-state index contributed by atoms with van der Waals surface area (Å²) in [6.07, 6.45) is 2.58. The maximum absolute atomic E-state index is 11.9. The number of ether oxygens (including phenoxy) is 1. The molecule has 0 atom stereocenters. The molecular formula is C17H21N3O4. The van der Waals surface area contributed by atoms with Crippen molar-refractivity contribution in [2.75, 3.05) is 33.1 Å². The molecule has 2 rings (SSSR count). The average molecular weight is 331 g/mol. The normalized spacial score (nSPS) is 11.0. The zero-order valence-corrected chi connectivity index (χ0v) is 14.1. The number of methoxy groups -OCH3 is 1. The van der Waals surface area contributed by atoms with Crippen molar-refractivity contribution in [2.45, 2.75) is 19.4 Å². The van der Waals surface area contributed by atoms with Crippen molar-refractivity contribution in [1.82, 2.24) is 9.88 Å². The molecule has 0 radical (unpaired) electrons. The van der Waals surface area contributed by atoms with E-state index in [4.69, 9.17) is 4.74 Å². The zero-order chi connectivity index (χ0) is 17.7. The van der Waals surface area contributed by atoms with Crippen molar-refractivity contribution in [3.8, 4) is 5.75 Å². The number of aromatic nitrogens is 1. The number of rotatable bonds is 9. The van der Waals surface area contributed by atoms with Crippen LogP contribution in [0, 0.1) is 0 Å². The molecule has 1 N–H and O–H groups in total.